The Balaban J connectivity index is 1.98. The van der Waals surface area contributed by atoms with Crippen LogP contribution in [-0.2, 0) is 11.2 Å². The number of aryl methyl sites for hydroxylation is 2. The number of rotatable bonds is 5. The molecule has 0 saturated heterocycles. The lowest BCUT2D eigenvalue weighted by atomic mass is 10.2. The molecule has 106 valence electrons. The van der Waals surface area contributed by atoms with Gasteiger partial charge in [0.15, 0.2) is 5.69 Å². The molecule has 0 unspecified atom stereocenters. The number of thiophene rings is 1. The van der Waals surface area contributed by atoms with Crippen LogP contribution in [0, 0.1) is 6.92 Å². The Morgan fingerprint density at radius 3 is 2.85 bits per heavy atom. The Morgan fingerprint density at radius 1 is 1.50 bits per heavy atom. The zero-order chi connectivity index (χ0) is 14.7. The third-order valence-corrected chi connectivity index (χ3v) is 3.96. The van der Waals surface area contributed by atoms with Crippen LogP contribution < -0.4 is 11.1 Å². The van der Waals surface area contributed by atoms with Crippen molar-refractivity contribution in [1.29, 1.82) is 0 Å². The number of aromatic nitrogens is 2. The molecule has 0 saturated carbocycles. The minimum Gasteiger partial charge on any atom is -0.364 e. The third kappa shape index (κ3) is 3.37. The van der Waals surface area contributed by atoms with E-state index in [4.69, 9.17) is 17.3 Å². The van der Waals surface area contributed by atoms with Crippen molar-refractivity contribution in [1.82, 2.24) is 10.2 Å². The molecule has 0 aliphatic rings. The van der Waals surface area contributed by atoms with Crippen LogP contribution in [0.5, 0.6) is 0 Å². The lowest BCUT2D eigenvalue weighted by molar-refractivity contribution is -0.116. The van der Waals surface area contributed by atoms with Gasteiger partial charge in [-0.25, -0.2) is 0 Å². The van der Waals surface area contributed by atoms with Crippen LogP contribution in [0.25, 0.3) is 0 Å². The van der Waals surface area contributed by atoms with Gasteiger partial charge in [-0.1, -0.05) is 11.6 Å². The number of anilines is 1. The second-order valence-electron chi connectivity index (χ2n) is 4.19. The van der Waals surface area contributed by atoms with E-state index in [1.54, 1.807) is 13.0 Å². The van der Waals surface area contributed by atoms with Gasteiger partial charge in [0, 0.05) is 11.3 Å². The van der Waals surface area contributed by atoms with Crippen LogP contribution in [0.15, 0.2) is 12.1 Å². The van der Waals surface area contributed by atoms with Gasteiger partial charge in [-0.15, -0.1) is 11.3 Å². The van der Waals surface area contributed by atoms with Crippen LogP contribution in [-0.4, -0.2) is 22.0 Å². The molecule has 0 bridgehead atoms. The maximum atomic E-state index is 11.9. The summed E-state index contributed by atoms with van der Waals surface area (Å²) in [5.41, 5.74) is 6.15. The maximum absolute atomic E-state index is 11.9. The summed E-state index contributed by atoms with van der Waals surface area (Å²) in [5.74, 6) is -0.892. The van der Waals surface area contributed by atoms with E-state index < -0.39 is 5.91 Å². The van der Waals surface area contributed by atoms with Crippen molar-refractivity contribution in [3.63, 3.8) is 0 Å². The van der Waals surface area contributed by atoms with E-state index in [0.29, 0.717) is 28.6 Å². The summed E-state index contributed by atoms with van der Waals surface area (Å²) >= 11 is 7.26. The lowest BCUT2D eigenvalue weighted by Gasteiger charge is -2.04. The molecule has 2 rings (SSSR count). The molecule has 0 atom stereocenters. The molecule has 6 nitrogen and oxygen atoms in total. The highest BCUT2D eigenvalue weighted by Crippen LogP contribution is 2.23. The number of H-pyrrole nitrogens is 1. The Labute approximate surface area is 124 Å². The zero-order valence-corrected chi connectivity index (χ0v) is 12.3. The number of nitrogens with one attached hydrogen (secondary N) is 2. The smallest absolute Gasteiger partial charge is 0.271 e. The van der Waals surface area contributed by atoms with Gasteiger partial charge in [0.25, 0.3) is 5.91 Å². The fourth-order valence-corrected chi connectivity index (χ4v) is 2.77. The van der Waals surface area contributed by atoms with Crippen molar-refractivity contribution in [2.75, 3.05) is 5.32 Å². The van der Waals surface area contributed by atoms with Gasteiger partial charge >= 0.3 is 0 Å². The Bertz CT molecular complexity index is 650. The fraction of sp³-hybridized carbons (Fsp3) is 0.250. The number of amides is 2. The Hall–Kier alpha value is -1.86. The van der Waals surface area contributed by atoms with Crippen molar-refractivity contribution in [2.24, 2.45) is 5.73 Å². The number of carbonyl (C=O) groups is 2. The van der Waals surface area contributed by atoms with Gasteiger partial charge in [-0.2, -0.15) is 5.10 Å². The minimum absolute atomic E-state index is 0.0371. The fourth-order valence-electron chi connectivity index (χ4n) is 1.69. The first-order valence-electron chi connectivity index (χ1n) is 5.86. The second-order valence-corrected chi connectivity index (χ2v) is 5.99. The molecule has 2 heterocycles. The van der Waals surface area contributed by atoms with Gasteiger partial charge in [0.2, 0.25) is 5.91 Å². The summed E-state index contributed by atoms with van der Waals surface area (Å²) < 4.78 is 0.696. The first-order valence-corrected chi connectivity index (χ1v) is 7.05. The molecule has 20 heavy (non-hydrogen) atoms. The van der Waals surface area contributed by atoms with Crippen molar-refractivity contribution in [2.45, 2.75) is 19.8 Å². The van der Waals surface area contributed by atoms with E-state index in [-0.39, 0.29) is 11.6 Å². The number of nitrogens with zero attached hydrogens (tertiary/aromatic N) is 1. The highest BCUT2D eigenvalue weighted by Gasteiger charge is 2.17. The van der Waals surface area contributed by atoms with Crippen LogP contribution >= 0.6 is 22.9 Å². The van der Waals surface area contributed by atoms with Gasteiger partial charge < -0.3 is 11.1 Å². The second kappa shape index (κ2) is 6.06. The van der Waals surface area contributed by atoms with E-state index >= 15 is 0 Å². The topological polar surface area (TPSA) is 101 Å². The monoisotopic (exact) mass is 312 g/mol. The van der Waals surface area contributed by atoms with E-state index in [1.165, 1.54) is 11.3 Å². The predicted molar refractivity (Wildman–Crippen MR) is 78.1 cm³/mol. The van der Waals surface area contributed by atoms with Crippen LogP contribution in [0.2, 0.25) is 4.34 Å². The molecular weight excluding hydrogens is 300 g/mol. The van der Waals surface area contributed by atoms with Gasteiger partial charge in [0.1, 0.15) is 0 Å². The van der Waals surface area contributed by atoms with Crippen molar-refractivity contribution >= 4 is 40.4 Å². The average Bonchev–Trinajstić information content (AvgIpc) is 2.94. The van der Waals surface area contributed by atoms with Crippen molar-refractivity contribution in [3.8, 4) is 0 Å². The summed E-state index contributed by atoms with van der Waals surface area (Å²) in [6, 6.07) is 3.68. The van der Waals surface area contributed by atoms with E-state index in [1.807, 2.05) is 6.07 Å². The first kappa shape index (κ1) is 14.5. The zero-order valence-electron chi connectivity index (χ0n) is 10.7. The summed E-state index contributed by atoms with van der Waals surface area (Å²) in [6.07, 6.45) is 0.881. The molecule has 2 amide bonds. The van der Waals surface area contributed by atoms with Crippen molar-refractivity contribution < 1.29 is 9.59 Å². The quantitative estimate of drug-likeness (QED) is 0.788. The van der Waals surface area contributed by atoms with Crippen LogP contribution in [0.1, 0.15) is 27.5 Å². The van der Waals surface area contributed by atoms with Gasteiger partial charge in [0.05, 0.1) is 15.7 Å². The van der Waals surface area contributed by atoms with Crippen LogP contribution in [0.4, 0.5) is 5.69 Å². The molecule has 0 spiro atoms. The highest BCUT2D eigenvalue weighted by atomic mass is 35.5. The number of aromatic amines is 1. The van der Waals surface area contributed by atoms with E-state index in [2.05, 4.69) is 15.5 Å². The summed E-state index contributed by atoms with van der Waals surface area (Å²) in [7, 11) is 0. The molecule has 0 radical (unpaired) electrons. The highest BCUT2D eigenvalue weighted by molar-refractivity contribution is 7.16. The van der Waals surface area contributed by atoms with E-state index in [9.17, 15) is 9.59 Å². The standard InChI is InChI=1S/C12H13ClN4O2S/c1-6-10(11(12(14)19)17-16-6)15-9(18)5-3-7-2-4-8(13)20-7/h2,4H,3,5H2,1H3,(H2,14,19)(H,15,18)(H,16,17). The minimum atomic E-state index is -0.685. The summed E-state index contributed by atoms with van der Waals surface area (Å²) in [6.45, 7) is 1.70. The number of hydrogen-bond acceptors (Lipinski definition) is 4. The number of halogens is 1. The van der Waals surface area contributed by atoms with Crippen molar-refractivity contribution in [3.05, 3.63) is 32.7 Å². The molecular formula is C12H13ClN4O2S. The molecule has 0 aliphatic heterocycles. The lowest BCUT2D eigenvalue weighted by Crippen LogP contribution is -2.18. The number of hydrogen-bond donors (Lipinski definition) is 3. The first-order chi connectivity index (χ1) is 9.47. The Kier molecular flexibility index (Phi) is 4.41. The maximum Gasteiger partial charge on any atom is 0.271 e. The number of primary amides is 1. The van der Waals surface area contributed by atoms with Gasteiger partial charge in [-0.05, 0) is 25.5 Å². The number of nitrogens with two attached hydrogens (primary N) is 1. The molecule has 8 heteroatoms. The van der Waals surface area contributed by atoms with Crippen LogP contribution in [0.3, 0.4) is 0 Å². The molecule has 0 aromatic carbocycles. The molecule has 0 fully saturated rings. The third-order valence-electron chi connectivity index (χ3n) is 2.67. The number of carbonyl (C=O) groups excluding carboxylic acids is 2. The molecule has 2 aromatic heterocycles. The Morgan fingerprint density at radius 2 is 2.25 bits per heavy atom. The van der Waals surface area contributed by atoms with Gasteiger partial charge in [-0.3, -0.25) is 14.7 Å². The largest absolute Gasteiger partial charge is 0.364 e. The molecule has 0 aliphatic carbocycles. The molecule has 4 N–H and O–H groups in total. The van der Waals surface area contributed by atoms with E-state index in [0.717, 1.165) is 4.88 Å². The summed E-state index contributed by atoms with van der Waals surface area (Å²) in [5, 5.41) is 9.04. The molecule has 2 aromatic rings. The SMILES string of the molecule is Cc1[nH]nc(C(N)=O)c1NC(=O)CCc1ccc(Cl)s1. The predicted octanol–water partition coefficient (Wildman–Crippen LogP) is 2.10. The normalized spacial score (nSPS) is 10.5. The average molecular weight is 313 g/mol. The summed E-state index contributed by atoms with van der Waals surface area (Å²) in [4.78, 5) is 24.1.